The third-order valence-electron chi connectivity index (χ3n) is 2.05. The summed E-state index contributed by atoms with van der Waals surface area (Å²) in [7, 11) is 0. The van der Waals surface area contributed by atoms with Gasteiger partial charge in [0.15, 0.2) is 6.29 Å². The summed E-state index contributed by atoms with van der Waals surface area (Å²) in [5.41, 5.74) is 1.53. The molecule has 0 aliphatic heterocycles. The lowest BCUT2D eigenvalue weighted by atomic mass is 10.1. The normalized spacial score (nSPS) is 10.3. The van der Waals surface area contributed by atoms with Crippen molar-refractivity contribution in [2.75, 3.05) is 0 Å². The number of rotatable bonds is 2. The van der Waals surface area contributed by atoms with Crippen LogP contribution in [0.4, 0.5) is 4.39 Å². The second kappa shape index (κ2) is 3.90. The van der Waals surface area contributed by atoms with E-state index in [0.717, 1.165) is 5.69 Å². The number of hydrogen-bond donors (Lipinski definition) is 0. The van der Waals surface area contributed by atoms with Crippen LogP contribution in [0.5, 0.6) is 0 Å². The number of aromatic nitrogens is 1. The van der Waals surface area contributed by atoms with Gasteiger partial charge in [-0.05, 0) is 30.6 Å². The maximum absolute atomic E-state index is 13.6. The quantitative estimate of drug-likeness (QED) is 0.729. The maximum Gasteiger partial charge on any atom is 0.150 e. The van der Waals surface area contributed by atoms with Crippen molar-refractivity contribution in [2.45, 2.75) is 6.92 Å². The monoisotopic (exact) mass is 221 g/mol. The largest absolute Gasteiger partial charge is 0.298 e. The minimum atomic E-state index is -0.386. The molecule has 2 aromatic rings. The summed E-state index contributed by atoms with van der Waals surface area (Å²) in [5.74, 6) is -0.386. The molecule has 1 heterocycles. The van der Waals surface area contributed by atoms with Gasteiger partial charge in [0, 0.05) is 11.1 Å². The molecule has 2 rings (SSSR count). The molecule has 0 aliphatic rings. The van der Waals surface area contributed by atoms with E-state index in [0.29, 0.717) is 22.3 Å². The molecular weight excluding hydrogens is 213 g/mol. The van der Waals surface area contributed by atoms with E-state index in [4.69, 9.17) is 0 Å². The SMILES string of the molecule is Cc1cc(-c2c(F)cccc2C=O)sn1. The van der Waals surface area contributed by atoms with Crippen LogP contribution in [0.3, 0.4) is 0 Å². The van der Waals surface area contributed by atoms with Gasteiger partial charge in [0.2, 0.25) is 0 Å². The van der Waals surface area contributed by atoms with Gasteiger partial charge >= 0.3 is 0 Å². The van der Waals surface area contributed by atoms with Gasteiger partial charge in [0.25, 0.3) is 0 Å². The molecule has 76 valence electrons. The highest BCUT2D eigenvalue weighted by Gasteiger charge is 2.12. The summed E-state index contributed by atoms with van der Waals surface area (Å²) < 4.78 is 17.6. The van der Waals surface area contributed by atoms with Crippen molar-refractivity contribution >= 4 is 17.8 Å². The summed E-state index contributed by atoms with van der Waals surface area (Å²) in [6, 6.07) is 6.24. The number of nitrogens with zero attached hydrogens (tertiary/aromatic N) is 1. The van der Waals surface area contributed by atoms with Gasteiger partial charge < -0.3 is 0 Å². The molecule has 0 saturated carbocycles. The van der Waals surface area contributed by atoms with Crippen molar-refractivity contribution in [3.63, 3.8) is 0 Å². The molecule has 1 aromatic carbocycles. The van der Waals surface area contributed by atoms with Crippen molar-refractivity contribution in [1.29, 1.82) is 0 Å². The highest BCUT2D eigenvalue weighted by molar-refractivity contribution is 7.09. The fourth-order valence-corrected chi connectivity index (χ4v) is 2.21. The Hall–Kier alpha value is -1.55. The summed E-state index contributed by atoms with van der Waals surface area (Å²) >= 11 is 1.20. The van der Waals surface area contributed by atoms with E-state index in [-0.39, 0.29) is 5.82 Å². The van der Waals surface area contributed by atoms with Gasteiger partial charge in [-0.15, -0.1) is 0 Å². The smallest absolute Gasteiger partial charge is 0.150 e. The molecule has 0 fully saturated rings. The second-order valence-corrected chi connectivity index (χ2v) is 3.96. The molecule has 0 radical (unpaired) electrons. The summed E-state index contributed by atoms with van der Waals surface area (Å²) in [6.45, 7) is 1.83. The maximum atomic E-state index is 13.6. The lowest BCUT2D eigenvalue weighted by molar-refractivity contribution is 0.112. The van der Waals surface area contributed by atoms with E-state index in [2.05, 4.69) is 4.37 Å². The average molecular weight is 221 g/mol. The van der Waals surface area contributed by atoms with E-state index in [1.165, 1.54) is 23.7 Å². The molecule has 0 atom stereocenters. The zero-order chi connectivity index (χ0) is 10.8. The summed E-state index contributed by atoms with van der Waals surface area (Å²) in [5, 5.41) is 0. The third kappa shape index (κ3) is 1.80. The molecular formula is C11H8FNOS. The number of halogens is 1. The van der Waals surface area contributed by atoms with E-state index >= 15 is 0 Å². The molecule has 4 heteroatoms. The summed E-state index contributed by atoms with van der Waals surface area (Å²) in [6.07, 6.45) is 0.660. The lowest BCUT2D eigenvalue weighted by Crippen LogP contribution is -1.89. The first-order valence-electron chi connectivity index (χ1n) is 4.40. The minimum Gasteiger partial charge on any atom is -0.298 e. The molecule has 1 aromatic heterocycles. The van der Waals surface area contributed by atoms with Crippen LogP contribution in [0.1, 0.15) is 16.1 Å². The number of aldehydes is 1. The predicted octanol–water partition coefficient (Wildman–Crippen LogP) is 3.07. The Morgan fingerprint density at radius 1 is 1.47 bits per heavy atom. The van der Waals surface area contributed by atoms with Gasteiger partial charge in [-0.2, -0.15) is 4.37 Å². The highest BCUT2D eigenvalue weighted by Crippen LogP contribution is 2.29. The van der Waals surface area contributed by atoms with Crippen molar-refractivity contribution in [1.82, 2.24) is 4.37 Å². The number of carbonyl (C=O) groups excluding carboxylic acids is 1. The number of carbonyl (C=O) groups is 1. The highest BCUT2D eigenvalue weighted by atomic mass is 32.1. The van der Waals surface area contributed by atoms with Crippen molar-refractivity contribution in [2.24, 2.45) is 0 Å². The van der Waals surface area contributed by atoms with Crippen LogP contribution in [-0.4, -0.2) is 10.7 Å². The fourth-order valence-electron chi connectivity index (χ4n) is 1.38. The Balaban J connectivity index is 2.65. The van der Waals surface area contributed by atoms with Crippen LogP contribution in [0, 0.1) is 12.7 Å². The Bertz CT molecular complexity index is 507. The molecule has 2 nitrogen and oxygen atoms in total. The minimum absolute atomic E-state index is 0.345. The molecule has 0 amide bonds. The van der Waals surface area contributed by atoms with Crippen LogP contribution in [-0.2, 0) is 0 Å². The van der Waals surface area contributed by atoms with E-state index in [1.807, 2.05) is 6.92 Å². The molecule has 0 bridgehead atoms. The van der Waals surface area contributed by atoms with Crippen LogP contribution in [0.2, 0.25) is 0 Å². The zero-order valence-corrected chi connectivity index (χ0v) is 8.84. The zero-order valence-electron chi connectivity index (χ0n) is 8.03. The van der Waals surface area contributed by atoms with Crippen molar-refractivity contribution in [3.8, 4) is 10.4 Å². The van der Waals surface area contributed by atoms with Crippen molar-refractivity contribution in [3.05, 3.63) is 41.3 Å². The first kappa shape index (κ1) is 9.98. The first-order valence-corrected chi connectivity index (χ1v) is 5.17. The van der Waals surface area contributed by atoms with Crippen LogP contribution < -0.4 is 0 Å². The predicted molar refractivity (Wildman–Crippen MR) is 57.6 cm³/mol. The van der Waals surface area contributed by atoms with E-state index in [1.54, 1.807) is 12.1 Å². The molecule has 0 N–H and O–H groups in total. The van der Waals surface area contributed by atoms with Gasteiger partial charge in [-0.25, -0.2) is 4.39 Å². The second-order valence-electron chi connectivity index (χ2n) is 3.15. The Morgan fingerprint density at radius 3 is 2.87 bits per heavy atom. The standard InChI is InChI=1S/C11H8FNOS/c1-7-5-10(15-13-7)11-8(6-14)3-2-4-9(11)12/h2-6H,1H3. The number of hydrogen-bond acceptors (Lipinski definition) is 3. The average Bonchev–Trinajstić information content (AvgIpc) is 2.64. The van der Waals surface area contributed by atoms with Crippen LogP contribution in [0.15, 0.2) is 24.3 Å². The Morgan fingerprint density at radius 2 is 2.27 bits per heavy atom. The summed E-state index contributed by atoms with van der Waals surface area (Å²) in [4.78, 5) is 11.5. The van der Waals surface area contributed by atoms with Crippen LogP contribution in [0.25, 0.3) is 10.4 Å². The van der Waals surface area contributed by atoms with E-state index in [9.17, 15) is 9.18 Å². The first-order chi connectivity index (χ1) is 7.22. The number of aryl methyl sites for hydroxylation is 1. The molecule has 0 spiro atoms. The van der Waals surface area contributed by atoms with Gasteiger partial charge in [-0.1, -0.05) is 12.1 Å². The van der Waals surface area contributed by atoms with E-state index < -0.39 is 0 Å². The topological polar surface area (TPSA) is 30.0 Å². The molecule has 0 saturated heterocycles. The third-order valence-corrected chi connectivity index (χ3v) is 2.95. The van der Waals surface area contributed by atoms with Gasteiger partial charge in [-0.3, -0.25) is 4.79 Å². The van der Waals surface area contributed by atoms with Gasteiger partial charge in [0.1, 0.15) is 5.82 Å². The number of benzene rings is 1. The van der Waals surface area contributed by atoms with Crippen molar-refractivity contribution < 1.29 is 9.18 Å². The fraction of sp³-hybridized carbons (Fsp3) is 0.0909. The lowest BCUT2D eigenvalue weighted by Gasteiger charge is -2.01. The molecule has 0 unspecified atom stereocenters. The van der Waals surface area contributed by atoms with Crippen LogP contribution >= 0.6 is 11.5 Å². The Labute approximate surface area is 90.5 Å². The molecule has 0 aliphatic carbocycles. The Kier molecular flexibility index (Phi) is 2.60. The molecule has 15 heavy (non-hydrogen) atoms. The van der Waals surface area contributed by atoms with Gasteiger partial charge in [0.05, 0.1) is 10.6 Å².